The zero-order valence-electron chi connectivity index (χ0n) is 10.0. The highest BCUT2D eigenvalue weighted by Crippen LogP contribution is 2.42. The van der Waals surface area contributed by atoms with Gasteiger partial charge < -0.3 is 5.11 Å². The minimum Gasteiger partial charge on any atom is -0.481 e. The molecule has 0 aromatic carbocycles. The van der Waals surface area contributed by atoms with Crippen LogP contribution >= 0.6 is 0 Å². The van der Waals surface area contributed by atoms with E-state index in [0.717, 1.165) is 6.42 Å². The molecule has 1 saturated carbocycles. The van der Waals surface area contributed by atoms with Crippen molar-refractivity contribution in [3.8, 4) is 0 Å². The van der Waals surface area contributed by atoms with E-state index < -0.39 is 24.0 Å². The largest absolute Gasteiger partial charge is 0.481 e. The summed E-state index contributed by atoms with van der Waals surface area (Å²) in [5, 5.41) is 19.6. The fraction of sp³-hybridized carbons (Fsp3) is 0.800. The minimum absolute atomic E-state index is 0.0303. The predicted octanol–water partition coefficient (Wildman–Crippen LogP) is 1.42. The van der Waals surface area contributed by atoms with Gasteiger partial charge in [-0.05, 0) is 23.3 Å². The van der Waals surface area contributed by atoms with E-state index in [-0.39, 0.29) is 18.8 Å². The molecule has 19 heavy (non-hydrogen) atoms. The minimum atomic E-state index is -4.28. The molecule has 2 rings (SSSR count). The Morgan fingerprint density at radius 1 is 1.42 bits per heavy atom. The lowest BCUT2D eigenvalue weighted by molar-refractivity contribution is -0.156. The quantitative estimate of drug-likeness (QED) is 0.881. The smallest absolute Gasteiger partial charge is 0.389 e. The van der Waals surface area contributed by atoms with Crippen LogP contribution in [0.2, 0.25) is 0 Å². The molecule has 1 aliphatic rings. The van der Waals surface area contributed by atoms with Crippen molar-refractivity contribution in [1.82, 2.24) is 20.2 Å². The Bertz CT molecular complexity index is 468. The summed E-state index contributed by atoms with van der Waals surface area (Å²) < 4.78 is 37.6. The molecule has 0 spiro atoms. The lowest BCUT2D eigenvalue weighted by Gasteiger charge is -2.37. The third-order valence-electron chi connectivity index (χ3n) is 3.45. The second-order valence-electron chi connectivity index (χ2n) is 4.81. The molecule has 9 heteroatoms. The van der Waals surface area contributed by atoms with Crippen LogP contribution in [0.25, 0.3) is 0 Å². The number of aromatic nitrogens is 4. The van der Waals surface area contributed by atoms with Crippen LogP contribution in [0.15, 0.2) is 0 Å². The highest BCUT2D eigenvalue weighted by molar-refractivity contribution is 5.75. The maximum Gasteiger partial charge on any atom is 0.389 e. The molecule has 0 amide bonds. The SMILES string of the molecule is O=C(O)C1(Cn2nnnc2CCC(F)(F)F)CCC1. The van der Waals surface area contributed by atoms with Crippen molar-refractivity contribution in [2.24, 2.45) is 5.41 Å². The van der Waals surface area contributed by atoms with Gasteiger partial charge in [0.1, 0.15) is 0 Å². The Morgan fingerprint density at radius 2 is 2.11 bits per heavy atom. The summed E-state index contributed by atoms with van der Waals surface area (Å²) >= 11 is 0. The molecule has 1 N–H and O–H groups in total. The van der Waals surface area contributed by atoms with Gasteiger partial charge in [0.2, 0.25) is 0 Å². The van der Waals surface area contributed by atoms with Gasteiger partial charge in [-0.2, -0.15) is 13.2 Å². The zero-order valence-corrected chi connectivity index (χ0v) is 10.0. The molecule has 0 atom stereocenters. The molecule has 0 unspecified atom stereocenters. The summed E-state index contributed by atoms with van der Waals surface area (Å²) in [6, 6.07) is 0. The van der Waals surface area contributed by atoms with Crippen molar-refractivity contribution < 1.29 is 23.1 Å². The lowest BCUT2D eigenvalue weighted by atomic mass is 9.69. The van der Waals surface area contributed by atoms with Gasteiger partial charge in [0.05, 0.1) is 18.4 Å². The van der Waals surface area contributed by atoms with E-state index in [1.165, 1.54) is 4.68 Å². The number of carboxylic acid groups (broad SMARTS) is 1. The Balaban J connectivity index is 2.05. The highest BCUT2D eigenvalue weighted by Gasteiger charge is 2.45. The van der Waals surface area contributed by atoms with Gasteiger partial charge in [0.25, 0.3) is 0 Å². The third-order valence-corrected chi connectivity index (χ3v) is 3.45. The molecular weight excluding hydrogens is 265 g/mol. The number of rotatable bonds is 5. The van der Waals surface area contributed by atoms with Crippen molar-refractivity contribution in [3.05, 3.63) is 5.82 Å². The standard InChI is InChI=1S/C10H13F3N4O2/c11-10(12,13)5-2-7-14-15-16-17(7)6-9(8(18)19)3-1-4-9/h1-6H2,(H,18,19). The van der Waals surface area contributed by atoms with Crippen LogP contribution in [-0.4, -0.2) is 37.5 Å². The number of carbonyl (C=O) groups is 1. The average molecular weight is 278 g/mol. The summed E-state index contributed by atoms with van der Waals surface area (Å²) in [6.45, 7) is 0.0303. The number of nitrogens with zero attached hydrogens (tertiary/aromatic N) is 4. The summed E-state index contributed by atoms with van der Waals surface area (Å²) in [5.41, 5.74) is -0.928. The van der Waals surface area contributed by atoms with E-state index in [9.17, 15) is 23.1 Å². The normalized spacial score (nSPS) is 18.1. The van der Waals surface area contributed by atoms with Crippen molar-refractivity contribution in [3.63, 3.8) is 0 Å². The fourth-order valence-electron chi connectivity index (χ4n) is 2.11. The molecule has 0 bridgehead atoms. The second kappa shape index (κ2) is 4.78. The maximum absolute atomic E-state index is 12.2. The van der Waals surface area contributed by atoms with Crippen LogP contribution in [0.3, 0.4) is 0 Å². The van der Waals surface area contributed by atoms with Crippen LogP contribution in [0.5, 0.6) is 0 Å². The summed E-state index contributed by atoms with van der Waals surface area (Å²) in [6.07, 6.45) is -3.84. The average Bonchev–Trinajstić information content (AvgIpc) is 2.66. The monoisotopic (exact) mass is 278 g/mol. The molecule has 1 aliphatic carbocycles. The van der Waals surface area contributed by atoms with Crippen LogP contribution in [0.4, 0.5) is 13.2 Å². The number of aliphatic carboxylic acids is 1. The van der Waals surface area contributed by atoms with E-state index in [0.29, 0.717) is 12.8 Å². The lowest BCUT2D eigenvalue weighted by Crippen LogP contribution is -2.42. The summed E-state index contributed by atoms with van der Waals surface area (Å²) in [7, 11) is 0. The molecule has 0 aliphatic heterocycles. The first-order valence-electron chi connectivity index (χ1n) is 5.88. The first-order valence-corrected chi connectivity index (χ1v) is 5.88. The Labute approximate surface area is 106 Å². The van der Waals surface area contributed by atoms with Crippen molar-refractivity contribution >= 4 is 5.97 Å². The van der Waals surface area contributed by atoms with Gasteiger partial charge in [-0.25, -0.2) is 4.68 Å². The van der Waals surface area contributed by atoms with Crippen LogP contribution in [-0.2, 0) is 17.8 Å². The Kier molecular flexibility index (Phi) is 3.46. The molecule has 1 heterocycles. The summed E-state index contributed by atoms with van der Waals surface area (Å²) in [4.78, 5) is 11.2. The molecule has 0 saturated heterocycles. The van der Waals surface area contributed by atoms with E-state index in [1.807, 2.05) is 0 Å². The van der Waals surface area contributed by atoms with Gasteiger partial charge in [-0.1, -0.05) is 6.42 Å². The second-order valence-corrected chi connectivity index (χ2v) is 4.81. The Morgan fingerprint density at radius 3 is 2.58 bits per heavy atom. The third kappa shape index (κ3) is 3.02. The maximum atomic E-state index is 12.2. The highest BCUT2D eigenvalue weighted by atomic mass is 19.4. The van der Waals surface area contributed by atoms with E-state index in [1.54, 1.807) is 0 Å². The van der Waals surface area contributed by atoms with Gasteiger partial charge in [0.15, 0.2) is 5.82 Å². The number of aryl methyl sites for hydroxylation is 1. The first-order chi connectivity index (χ1) is 8.82. The number of hydrogen-bond donors (Lipinski definition) is 1. The predicted molar refractivity (Wildman–Crippen MR) is 56.1 cm³/mol. The number of hydrogen-bond acceptors (Lipinski definition) is 4. The van der Waals surface area contributed by atoms with Gasteiger partial charge in [0, 0.05) is 6.42 Å². The molecule has 1 aromatic rings. The van der Waals surface area contributed by atoms with Gasteiger partial charge >= 0.3 is 12.1 Å². The van der Waals surface area contributed by atoms with E-state index >= 15 is 0 Å². The van der Waals surface area contributed by atoms with Crippen LogP contribution < -0.4 is 0 Å². The molecule has 6 nitrogen and oxygen atoms in total. The molecule has 106 valence electrons. The number of halogens is 3. The van der Waals surface area contributed by atoms with Crippen LogP contribution in [0, 0.1) is 5.41 Å². The zero-order chi connectivity index (χ0) is 14.1. The topological polar surface area (TPSA) is 80.9 Å². The Hall–Kier alpha value is -1.67. The molecular formula is C10H13F3N4O2. The van der Waals surface area contributed by atoms with Gasteiger partial charge in [-0.15, -0.1) is 5.10 Å². The van der Waals surface area contributed by atoms with E-state index in [4.69, 9.17) is 0 Å². The molecule has 1 fully saturated rings. The fourth-order valence-corrected chi connectivity index (χ4v) is 2.11. The van der Waals surface area contributed by atoms with Crippen LogP contribution in [0.1, 0.15) is 31.5 Å². The van der Waals surface area contributed by atoms with Crippen molar-refractivity contribution in [2.75, 3.05) is 0 Å². The number of carboxylic acids is 1. The van der Waals surface area contributed by atoms with E-state index in [2.05, 4.69) is 15.5 Å². The summed E-state index contributed by atoms with van der Waals surface area (Å²) in [5.74, 6) is -0.874. The number of tetrazole rings is 1. The molecule has 0 radical (unpaired) electrons. The number of alkyl halides is 3. The van der Waals surface area contributed by atoms with Crippen molar-refractivity contribution in [1.29, 1.82) is 0 Å². The first kappa shape index (κ1) is 13.8. The van der Waals surface area contributed by atoms with Gasteiger partial charge in [-0.3, -0.25) is 4.79 Å². The molecule has 1 aromatic heterocycles. The van der Waals surface area contributed by atoms with Crippen molar-refractivity contribution in [2.45, 2.75) is 44.8 Å².